The highest BCUT2D eigenvalue weighted by Crippen LogP contribution is 2.24. The number of hydrogen-bond donors (Lipinski definition) is 1. The van der Waals surface area contributed by atoms with Gasteiger partial charge in [0.25, 0.3) is 0 Å². The van der Waals surface area contributed by atoms with E-state index in [-0.39, 0.29) is 11.7 Å². The Morgan fingerprint density at radius 1 is 1.19 bits per heavy atom. The summed E-state index contributed by atoms with van der Waals surface area (Å²) >= 11 is 1.47. The van der Waals surface area contributed by atoms with E-state index in [1.54, 1.807) is 12.1 Å². The number of hydrogen-bond acceptors (Lipinski definition) is 4. The number of carbonyl (C=O) groups excluding carboxylic acids is 1. The molecule has 2 aromatic carbocycles. The van der Waals surface area contributed by atoms with E-state index in [1.165, 1.54) is 23.9 Å². The van der Waals surface area contributed by atoms with Gasteiger partial charge in [-0.25, -0.2) is 9.37 Å². The first-order valence-electron chi connectivity index (χ1n) is 8.22. The summed E-state index contributed by atoms with van der Waals surface area (Å²) in [6, 6.07) is 15.9. The Hall–Kier alpha value is -2.60. The Kier molecular flexibility index (Phi) is 6.07. The summed E-state index contributed by atoms with van der Waals surface area (Å²) in [4.78, 5) is 16.4. The summed E-state index contributed by atoms with van der Waals surface area (Å²) in [5.74, 6) is 1.62. The van der Waals surface area contributed by atoms with Crippen LogP contribution in [0.3, 0.4) is 0 Å². The van der Waals surface area contributed by atoms with Gasteiger partial charge in [0, 0.05) is 17.9 Å². The molecule has 0 saturated carbocycles. The van der Waals surface area contributed by atoms with E-state index < -0.39 is 0 Å². The second kappa shape index (κ2) is 8.67. The van der Waals surface area contributed by atoms with Gasteiger partial charge < -0.3 is 9.73 Å². The van der Waals surface area contributed by atoms with Crippen LogP contribution in [0.15, 0.2) is 59.0 Å². The van der Waals surface area contributed by atoms with E-state index in [9.17, 15) is 9.18 Å². The minimum absolute atomic E-state index is 0.0228. The molecule has 6 heteroatoms. The fourth-order valence-corrected chi connectivity index (χ4v) is 3.25. The summed E-state index contributed by atoms with van der Waals surface area (Å²) in [6.45, 7) is 2.34. The van der Waals surface area contributed by atoms with E-state index in [2.05, 4.69) is 10.3 Å². The normalized spacial score (nSPS) is 10.7. The molecule has 0 aliphatic heterocycles. The van der Waals surface area contributed by atoms with Gasteiger partial charge in [0.05, 0.1) is 11.4 Å². The molecule has 0 fully saturated rings. The summed E-state index contributed by atoms with van der Waals surface area (Å²) in [6.07, 6.45) is 0. The van der Waals surface area contributed by atoms with Gasteiger partial charge >= 0.3 is 0 Å². The molecule has 4 nitrogen and oxygen atoms in total. The zero-order chi connectivity index (χ0) is 18.4. The number of oxazole rings is 1. The van der Waals surface area contributed by atoms with Crippen molar-refractivity contribution in [1.82, 2.24) is 10.3 Å². The van der Waals surface area contributed by atoms with Crippen molar-refractivity contribution in [2.75, 3.05) is 5.75 Å². The van der Waals surface area contributed by atoms with E-state index in [4.69, 9.17) is 4.42 Å². The fraction of sp³-hybridized carbons (Fsp3) is 0.200. The SMILES string of the molecule is Cc1oc(-c2cccc(F)c2)nc1CSCC(=O)NCc1ccccc1. The molecular formula is C20H19FN2O2S. The summed E-state index contributed by atoms with van der Waals surface area (Å²) in [5, 5.41) is 2.89. The highest BCUT2D eigenvalue weighted by molar-refractivity contribution is 7.99. The third-order valence-electron chi connectivity index (χ3n) is 3.77. The first kappa shape index (κ1) is 18.2. The maximum atomic E-state index is 13.3. The molecule has 0 spiro atoms. The first-order chi connectivity index (χ1) is 12.6. The lowest BCUT2D eigenvalue weighted by atomic mass is 10.2. The third kappa shape index (κ3) is 4.95. The van der Waals surface area contributed by atoms with Crippen molar-refractivity contribution >= 4 is 17.7 Å². The van der Waals surface area contributed by atoms with Crippen LogP contribution in [0, 0.1) is 12.7 Å². The number of amides is 1. The molecule has 0 radical (unpaired) electrons. The third-order valence-corrected chi connectivity index (χ3v) is 4.71. The van der Waals surface area contributed by atoms with Gasteiger partial charge in [-0.05, 0) is 30.7 Å². The number of aryl methyl sites for hydroxylation is 1. The van der Waals surface area contributed by atoms with Crippen LogP contribution in [-0.4, -0.2) is 16.6 Å². The molecule has 0 aliphatic carbocycles. The van der Waals surface area contributed by atoms with Crippen LogP contribution in [0.1, 0.15) is 17.0 Å². The average Bonchev–Trinajstić information content (AvgIpc) is 3.02. The van der Waals surface area contributed by atoms with E-state index in [0.717, 1.165) is 11.3 Å². The molecule has 1 amide bonds. The predicted molar refractivity (Wildman–Crippen MR) is 101 cm³/mol. The largest absolute Gasteiger partial charge is 0.441 e. The molecule has 134 valence electrons. The number of carbonyl (C=O) groups is 1. The monoisotopic (exact) mass is 370 g/mol. The van der Waals surface area contributed by atoms with Gasteiger partial charge in [0.2, 0.25) is 11.8 Å². The van der Waals surface area contributed by atoms with E-state index >= 15 is 0 Å². The Morgan fingerprint density at radius 2 is 2.00 bits per heavy atom. The molecule has 0 bridgehead atoms. The van der Waals surface area contributed by atoms with Crippen LogP contribution >= 0.6 is 11.8 Å². The molecule has 1 heterocycles. The molecule has 0 aliphatic rings. The number of nitrogens with zero attached hydrogens (tertiary/aromatic N) is 1. The second-order valence-corrected chi connectivity index (χ2v) is 6.77. The molecule has 0 atom stereocenters. The first-order valence-corrected chi connectivity index (χ1v) is 9.38. The Balaban J connectivity index is 1.50. The van der Waals surface area contributed by atoms with Crippen LogP contribution in [0.5, 0.6) is 0 Å². The van der Waals surface area contributed by atoms with Crippen LogP contribution in [0.2, 0.25) is 0 Å². The minimum atomic E-state index is -0.329. The van der Waals surface area contributed by atoms with Gasteiger partial charge in [-0.15, -0.1) is 11.8 Å². The van der Waals surface area contributed by atoms with Crippen LogP contribution in [0.25, 0.3) is 11.5 Å². The number of nitrogens with one attached hydrogen (secondary N) is 1. The zero-order valence-corrected chi connectivity index (χ0v) is 15.2. The molecule has 1 N–H and O–H groups in total. The van der Waals surface area contributed by atoms with Gasteiger partial charge in [0.1, 0.15) is 11.6 Å². The molecule has 0 unspecified atom stereocenters. The van der Waals surface area contributed by atoms with Gasteiger partial charge in [0.15, 0.2) is 0 Å². The number of rotatable bonds is 7. The maximum Gasteiger partial charge on any atom is 0.230 e. The quantitative estimate of drug-likeness (QED) is 0.672. The van der Waals surface area contributed by atoms with Crippen LogP contribution in [-0.2, 0) is 17.1 Å². The Bertz CT molecular complexity index is 881. The van der Waals surface area contributed by atoms with Crippen molar-refractivity contribution in [2.24, 2.45) is 0 Å². The van der Waals surface area contributed by atoms with Crippen molar-refractivity contribution in [3.05, 3.63) is 77.4 Å². The lowest BCUT2D eigenvalue weighted by Gasteiger charge is -2.04. The van der Waals surface area contributed by atoms with Gasteiger partial charge in [-0.2, -0.15) is 0 Å². The predicted octanol–water partition coefficient (Wildman–Crippen LogP) is 4.34. The van der Waals surface area contributed by atoms with Crippen molar-refractivity contribution < 1.29 is 13.6 Å². The number of thioether (sulfide) groups is 1. The molecular weight excluding hydrogens is 351 g/mol. The maximum absolute atomic E-state index is 13.3. The van der Waals surface area contributed by atoms with Crippen molar-refractivity contribution in [3.8, 4) is 11.5 Å². The lowest BCUT2D eigenvalue weighted by molar-refractivity contribution is -0.118. The highest BCUT2D eigenvalue weighted by atomic mass is 32.2. The molecule has 0 saturated heterocycles. The molecule has 3 rings (SSSR count). The van der Waals surface area contributed by atoms with E-state index in [1.807, 2.05) is 37.3 Å². The standard InChI is InChI=1S/C20H19FN2O2S/c1-14-18(23-20(25-14)16-8-5-9-17(21)10-16)12-26-13-19(24)22-11-15-6-3-2-4-7-15/h2-10H,11-13H2,1H3,(H,22,24). The molecule has 3 aromatic rings. The second-order valence-electron chi connectivity index (χ2n) is 5.79. The molecule has 1 aromatic heterocycles. The van der Waals surface area contributed by atoms with E-state index in [0.29, 0.717) is 35.3 Å². The Morgan fingerprint density at radius 3 is 2.77 bits per heavy atom. The highest BCUT2D eigenvalue weighted by Gasteiger charge is 2.12. The number of aromatic nitrogens is 1. The fourth-order valence-electron chi connectivity index (χ4n) is 2.39. The minimum Gasteiger partial charge on any atom is -0.441 e. The van der Waals surface area contributed by atoms with Crippen LogP contribution < -0.4 is 5.32 Å². The zero-order valence-electron chi connectivity index (χ0n) is 14.4. The molecule has 26 heavy (non-hydrogen) atoms. The van der Waals surface area contributed by atoms with Gasteiger partial charge in [-0.1, -0.05) is 36.4 Å². The van der Waals surface area contributed by atoms with Crippen molar-refractivity contribution in [1.29, 1.82) is 0 Å². The van der Waals surface area contributed by atoms with Gasteiger partial charge in [-0.3, -0.25) is 4.79 Å². The Labute approximate surface area is 155 Å². The van der Waals surface area contributed by atoms with Crippen LogP contribution in [0.4, 0.5) is 4.39 Å². The summed E-state index contributed by atoms with van der Waals surface area (Å²) in [7, 11) is 0. The summed E-state index contributed by atoms with van der Waals surface area (Å²) in [5.41, 5.74) is 2.44. The summed E-state index contributed by atoms with van der Waals surface area (Å²) < 4.78 is 19.0. The topological polar surface area (TPSA) is 55.1 Å². The van der Waals surface area contributed by atoms with Crippen molar-refractivity contribution in [3.63, 3.8) is 0 Å². The average molecular weight is 370 g/mol. The number of benzene rings is 2. The number of halogens is 1. The van der Waals surface area contributed by atoms with Crippen molar-refractivity contribution in [2.45, 2.75) is 19.2 Å². The smallest absolute Gasteiger partial charge is 0.230 e. The lowest BCUT2D eigenvalue weighted by Crippen LogP contribution is -2.24.